The largest absolute Gasteiger partial charge is 0.505 e. The van der Waals surface area contributed by atoms with Gasteiger partial charge in [0.2, 0.25) is 0 Å². The molecular formula is C10H13FO2. The van der Waals surface area contributed by atoms with E-state index in [0.717, 1.165) is 5.56 Å². The average molecular weight is 184 g/mol. The highest BCUT2D eigenvalue weighted by atomic mass is 19.1. The van der Waals surface area contributed by atoms with Crippen LogP contribution in [0.1, 0.15) is 18.1 Å². The Morgan fingerprint density at radius 2 is 2.08 bits per heavy atom. The number of benzene rings is 1. The molecule has 0 radical (unpaired) electrons. The predicted octanol–water partition coefficient (Wildman–Crippen LogP) is 1.76. The number of aromatic hydroxyl groups is 1. The van der Waals surface area contributed by atoms with Crippen molar-refractivity contribution in [3.05, 3.63) is 29.1 Å². The number of aliphatic hydroxyl groups is 1. The maximum atomic E-state index is 12.9. The summed E-state index contributed by atoms with van der Waals surface area (Å²) in [6, 6.07) is 2.81. The highest BCUT2D eigenvalue weighted by molar-refractivity contribution is 5.40. The van der Waals surface area contributed by atoms with Crippen molar-refractivity contribution >= 4 is 0 Å². The molecule has 0 bridgehead atoms. The van der Waals surface area contributed by atoms with E-state index in [9.17, 15) is 9.50 Å². The van der Waals surface area contributed by atoms with Crippen LogP contribution in [-0.2, 0) is 6.42 Å². The molecule has 0 aliphatic rings. The quantitative estimate of drug-likeness (QED) is 0.735. The molecule has 13 heavy (non-hydrogen) atoms. The normalized spacial score (nSPS) is 12.9. The SMILES string of the molecule is Cc1ccc(F)c(O)c1CC(C)O. The zero-order chi connectivity index (χ0) is 10.0. The number of aliphatic hydroxyl groups excluding tert-OH is 1. The third kappa shape index (κ3) is 2.18. The first kappa shape index (κ1) is 9.99. The molecule has 1 unspecified atom stereocenters. The number of rotatable bonds is 2. The van der Waals surface area contributed by atoms with Crippen LogP contribution >= 0.6 is 0 Å². The summed E-state index contributed by atoms with van der Waals surface area (Å²) in [5.74, 6) is -0.984. The average Bonchev–Trinajstić information content (AvgIpc) is 2.05. The molecule has 3 heteroatoms. The molecule has 0 aliphatic heterocycles. The first-order valence-corrected chi connectivity index (χ1v) is 4.17. The number of hydrogen-bond donors (Lipinski definition) is 2. The molecule has 2 nitrogen and oxygen atoms in total. The van der Waals surface area contributed by atoms with Crippen molar-refractivity contribution in [2.24, 2.45) is 0 Å². The molecular weight excluding hydrogens is 171 g/mol. The lowest BCUT2D eigenvalue weighted by Gasteiger charge is -2.10. The van der Waals surface area contributed by atoms with E-state index in [1.54, 1.807) is 19.9 Å². The second-order valence-electron chi connectivity index (χ2n) is 3.24. The van der Waals surface area contributed by atoms with Gasteiger partial charge in [0.05, 0.1) is 6.10 Å². The summed E-state index contributed by atoms with van der Waals surface area (Å²) in [6.45, 7) is 3.38. The van der Waals surface area contributed by atoms with Crippen LogP contribution < -0.4 is 0 Å². The second-order valence-corrected chi connectivity index (χ2v) is 3.24. The summed E-state index contributed by atoms with van der Waals surface area (Å²) in [4.78, 5) is 0. The number of halogens is 1. The fourth-order valence-electron chi connectivity index (χ4n) is 1.26. The maximum absolute atomic E-state index is 12.9. The number of aryl methyl sites for hydroxylation is 1. The molecule has 1 aromatic carbocycles. The molecule has 1 rings (SSSR count). The monoisotopic (exact) mass is 184 g/mol. The van der Waals surface area contributed by atoms with Gasteiger partial charge in [0.25, 0.3) is 0 Å². The van der Waals surface area contributed by atoms with Crippen molar-refractivity contribution in [1.82, 2.24) is 0 Å². The van der Waals surface area contributed by atoms with Gasteiger partial charge in [0, 0.05) is 12.0 Å². The number of phenolic OH excluding ortho intramolecular Hbond substituents is 1. The summed E-state index contributed by atoms with van der Waals surface area (Å²) in [5, 5.41) is 18.5. The van der Waals surface area contributed by atoms with Gasteiger partial charge in [-0.3, -0.25) is 0 Å². The highest BCUT2D eigenvalue weighted by Crippen LogP contribution is 2.25. The minimum atomic E-state index is -0.638. The third-order valence-corrected chi connectivity index (χ3v) is 1.97. The van der Waals surface area contributed by atoms with Crippen LogP contribution in [0.2, 0.25) is 0 Å². The molecule has 0 saturated heterocycles. The van der Waals surface area contributed by atoms with Gasteiger partial charge in [0.15, 0.2) is 11.6 Å². The Kier molecular flexibility index (Phi) is 2.88. The van der Waals surface area contributed by atoms with E-state index in [1.165, 1.54) is 6.07 Å². The molecule has 0 aliphatic carbocycles. The van der Waals surface area contributed by atoms with Crippen LogP contribution in [-0.4, -0.2) is 16.3 Å². The standard InChI is InChI=1S/C10H13FO2/c1-6-3-4-9(11)10(13)8(6)5-7(2)12/h3-4,7,12-13H,5H2,1-2H3. The van der Waals surface area contributed by atoms with Crippen LogP contribution in [0, 0.1) is 12.7 Å². The molecule has 0 saturated carbocycles. The Labute approximate surface area is 76.6 Å². The Balaban J connectivity index is 3.10. The lowest BCUT2D eigenvalue weighted by molar-refractivity contribution is 0.193. The first-order valence-electron chi connectivity index (χ1n) is 4.17. The molecule has 2 N–H and O–H groups in total. The van der Waals surface area contributed by atoms with Crippen molar-refractivity contribution < 1.29 is 14.6 Å². The smallest absolute Gasteiger partial charge is 0.165 e. The summed E-state index contributed by atoms with van der Waals surface area (Å²) in [6.07, 6.45) is -0.304. The van der Waals surface area contributed by atoms with Crippen molar-refractivity contribution in [2.75, 3.05) is 0 Å². The van der Waals surface area contributed by atoms with Gasteiger partial charge in [-0.15, -0.1) is 0 Å². The lowest BCUT2D eigenvalue weighted by atomic mass is 10.0. The molecule has 1 atom stereocenters. The molecule has 0 fully saturated rings. The lowest BCUT2D eigenvalue weighted by Crippen LogP contribution is -2.06. The van der Waals surface area contributed by atoms with Gasteiger partial charge in [-0.05, 0) is 25.5 Å². The highest BCUT2D eigenvalue weighted by Gasteiger charge is 2.11. The number of phenols is 1. The Bertz CT molecular complexity index is 308. The second kappa shape index (κ2) is 3.75. The topological polar surface area (TPSA) is 40.5 Å². The maximum Gasteiger partial charge on any atom is 0.165 e. The summed E-state index contributed by atoms with van der Waals surface area (Å²) in [7, 11) is 0. The van der Waals surface area contributed by atoms with Gasteiger partial charge in [-0.2, -0.15) is 0 Å². The van der Waals surface area contributed by atoms with E-state index in [0.29, 0.717) is 5.56 Å². The third-order valence-electron chi connectivity index (χ3n) is 1.97. The van der Waals surface area contributed by atoms with Crippen molar-refractivity contribution in [2.45, 2.75) is 26.4 Å². The van der Waals surface area contributed by atoms with E-state index in [1.807, 2.05) is 0 Å². The Morgan fingerprint density at radius 3 is 2.62 bits per heavy atom. The van der Waals surface area contributed by atoms with Crippen LogP contribution in [0.4, 0.5) is 4.39 Å². The van der Waals surface area contributed by atoms with E-state index in [-0.39, 0.29) is 12.2 Å². The van der Waals surface area contributed by atoms with Gasteiger partial charge in [-0.25, -0.2) is 4.39 Å². The minimum Gasteiger partial charge on any atom is -0.505 e. The fraction of sp³-hybridized carbons (Fsp3) is 0.400. The predicted molar refractivity (Wildman–Crippen MR) is 48.2 cm³/mol. The Hall–Kier alpha value is -1.09. The van der Waals surface area contributed by atoms with E-state index >= 15 is 0 Å². The number of hydrogen-bond acceptors (Lipinski definition) is 2. The summed E-state index contributed by atoms with van der Waals surface area (Å²) < 4.78 is 12.9. The van der Waals surface area contributed by atoms with Gasteiger partial charge in [-0.1, -0.05) is 6.07 Å². The molecule has 0 aromatic heterocycles. The Morgan fingerprint density at radius 1 is 1.46 bits per heavy atom. The summed E-state index contributed by atoms with van der Waals surface area (Å²) in [5.41, 5.74) is 1.27. The van der Waals surface area contributed by atoms with E-state index < -0.39 is 11.9 Å². The van der Waals surface area contributed by atoms with E-state index in [2.05, 4.69) is 0 Å². The summed E-state index contributed by atoms with van der Waals surface area (Å²) >= 11 is 0. The van der Waals surface area contributed by atoms with Crippen LogP contribution in [0.25, 0.3) is 0 Å². The van der Waals surface area contributed by atoms with Crippen molar-refractivity contribution in [3.63, 3.8) is 0 Å². The van der Waals surface area contributed by atoms with Gasteiger partial charge in [0.1, 0.15) is 0 Å². The van der Waals surface area contributed by atoms with E-state index in [4.69, 9.17) is 5.11 Å². The van der Waals surface area contributed by atoms with Crippen LogP contribution in [0.15, 0.2) is 12.1 Å². The first-order chi connectivity index (χ1) is 6.02. The van der Waals surface area contributed by atoms with Crippen molar-refractivity contribution in [1.29, 1.82) is 0 Å². The zero-order valence-electron chi connectivity index (χ0n) is 7.71. The molecule has 1 aromatic rings. The molecule has 0 heterocycles. The van der Waals surface area contributed by atoms with Crippen molar-refractivity contribution in [3.8, 4) is 5.75 Å². The van der Waals surface area contributed by atoms with Gasteiger partial charge >= 0.3 is 0 Å². The zero-order valence-corrected chi connectivity index (χ0v) is 7.71. The molecule has 0 spiro atoms. The minimum absolute atomic E-state index is 0.273. The van der Waals surface area contributed by atoms with Gasteiger partial charge < -0.3 is 10.2 Å². The fourth-order valence-corrected chi connectivity index (χ4v) is 1.26. The van der Waals surface area contributed by atoms with Crippen LogP contribution in [0.3, 0.4) is 0 Å². The molecule has 72 valence electrons. The van der Waals surface area contributed by atoms with Crippen LogP contribution in [0.5, 0.6) is 5.75 Å². The molecule has 0 amide bonds.